The van der Waals surface area contributed by atoms with E-state index < -0.39 is 0 Å². The normalized spacial score (nSPS) is 18.8. The minimum absolute atomic E-state index is 0.0786. The summed E-state index contributed by atoms with van der Waals surface area (Å²) >= 11 is 1.09. The zero-order valence-electron chi connectivity index (χ0n) is 21.8. The summed E-state index contributed by atoms with van der Waals surface area (Å²) in [5.41, 5.74) is 8.49. The van der Waals surface area contributed by atoms with Crippen LogP contribution in [0.15, 0.2) is 30.3 Å². The molecule has 1 heterocycles. The fraction of sp³-hybridized carbons (Fsp3) is 0.500. The molecule has 1 fully saturated rings. The predicted molar refractivity (Wildman–Crippen MR) is 144 cm³/mol. The molecule has 1 aliphatic carbocycles. The first-order valence-electron chi connectivity index (χ1n) is 12.0. The van der Waals surface area contributed by atoms with Gasteiger partial charge in [0.05, 0.1) is 12.3 Å². The van der Waals surface area contributed by atoms with Gasteiger partial charge >= 0.3 is 0 Å². The van der Waals surface area contributed by atoms with Gasteiger partial charge in [-0.25, -0.2) is 0 Å². The van der Waals surface area contributed by atoms with Crippen LogP contribution in [0.2, 0.25) is 0 Å². The summed E-state index contributed by atoms with van der Waals surface area (Å²) in [6.07, 6.45) is 2.31. The highest BCUT2D eigenvalue weighted by atomic mass is 32.2. The molecule has 2 aromatic carbocycles. The van der Waals surface area contributed by atoms with Crippen molar-refractivity contribution in [2.75, 3.05) is 43.7 Å². The molecule has 0 aromatic heterocycles. The summed E-state index contributed by atoms with van der Waals surface area (Å²) in [7, 11) is 8.28. The van der Waals surface area contributed by atoms with Crippen molar-refractivity contribution in [3.63, 3.8) is 0 Å². The summed E-state index contributed by atoms with van der Waals surface area (Å²) in [4.78, 5) is 30.6. The molecule has 34 heavy (non-hydrogen) atoms. The molecule has 0 radical (unpaired) electrons. The van der Waals surface area contributed by atoms with E-state index in [0.29, 0.717) is 6.54 Å². The van der Waals surface area contributed by atoms with Crippen LogP contribution in [0.5, 0.6) is 0 Å². The highest BCUT2D eigenvalue weighted by molar-refractivity contribution is 8.14. The third-order valence-corrected chi connectivity index (χ3v) is 8.36. The summed E-state index contributed by atoms with van der Waals surface area (Å²) < 4.78 is 0. The van der Waals surface area contributed by atoms with Gasteiger partial charge in [-0.05, 0) is 58.6 Å². The number of anilines is 2. The fourth-order valence-electron chi connectivity index (χ4n) is 5.28. The number of carbonyl (C=O) groups excluding carboxylic acids is 2. The molecule has 0 N–H and O–H groups in total. The summed E-state index contributed by atoms with van der Waals surface area (Å²) in [5.74, 6) is 0.115. The second kappa shape index (κ2) is 8.63. The van der Waals surface area contributed by atoms with Gasteiger partial charge in [0.25, 0.3) is 5.24 Å². The molecule has 2 aliphatic rings. The molecular weight excluding hydrogens is 442 g/mol. The predicted octanol–water partition coefficient (Wildman–Crippen LogP) is 6.03. The number of carbonyl (C=O) groups is 2. The van der Waals surface area contributed by atoms with Gasteiger partial charge in [0.2, 0.25) is 5.91 Å². The Labute approximate surface area is 208 Å². The third kappa shape index (κ3) is 4.21. The van der Waals surface area contributed by atoms with Crippen molar-refractivity contribution in [3.8, 4) is 11.1 Å². The van der Waals surface area contributed by atoms with Crippen molar-refractivity contribution >= 4 is 34.3 Å². The number of hydrogen-bond donors (Lipinski definition) is 0. The SMILES string of the molecule is CN(C)c1cc2c(cc1-c1c(CN3C(=O)CSC3=O)cccc1N(C)C)C(C)(C)CCC2(C)C. The third-order valence-electron chi connectivity index (χ3n) is 7.50. The molecule has 0 bridgehead atoms. The minimum atomic E-state index is -0.160. The van der Waals surface area contributed by atoms with Crippen LogP contribution in [0.1, 0.15) is 57.2 Å². The number of benzene rings is 2. The average Bonchev–Trinajstić information content (AvgIpc) is 3.08. The zero-order valence-corrected chi connectivity index (χ0v) is 22.6. The smallest absolute Gasteiger partial charge is 0.289 e. The Balaban J connectivity index is 2.00. The van der Waals surface area contributed by atoms with Gasteiger partial charge in [-0.1, -0.05) is 51.6 Å². The minimum Gasteiger partial charge on any atom is -0.377 e. The van der Waals surface area contributed by atoms with Crippen LogP contribution in [0.4, 0.5) is 16.2 Å². The number of hydrogen-bond acceptors (Lipinski definition) is 5. The lowest BCUT2D eigenvalue weighted by molar-refractivity contribution is -0.125. The van der Waals surface area contributed by atoms with Crippen molar-refractivity contribution < 1.29 is 9.59 Å². The number of nitrogens with zero attached hydrogens (tertiary/aromatic N) is 3. The van der Waals surface area contributed by atoms with Gasteiger partial charge in [-0.15, -0.1) is 0 Å². The first kappa shape index (κ1) is 24.6. The van der Waals surface area contributed by atoms with E-state index in [4.69, 9.17) is 0 Å². The van der Waals surface area contributed by atoms with Crippen LogP contribution in [-0.4, -0.2) is 50.0 Å². The maximum absolute atomic E-state index is 12.4. The van der Waals surface area contributed by atoms with Crippen LogP contribution in [0.25, 0.3) is 11.1 Å². The van der Waals surface area contributed by atoms with Crippen LogP contribution < -0.4 is 9.80 Å². The number of imide groups is 1. The van der Waals surface area contributed by atoms with E-state index >= 15 is 0 Å². The summed E-state index contributed by atoms with van der Waals surface area (Å²) in [6, 6.07) is 11.0. The number of thioether (sulfide) groups is 1. The summed E-state index contributed by atoms with van der Waals surface area (Å²) in [5, 5.41) is -0.160. The average molecular weight is 480 g/mol. The van der Waals surface area contributed by atoms with Crippen LogP contribution in [0, 0.1) is 0 Å². The molecular formula is C28H37N3O2S. The van der Waals surface area contributed by atoms with E-state index in [2.05, 4.69) is 75.9 Å². The monoisotopic (exact) mass is 479 g/mol. The van der Waals surface area contributed by atoms with E-state index in [9.17, 15) is 9.59 Å². The van der Waals surface area contributed by atoms with E-state index in [0.717, 1.165) is 52.7 Å². The van der Waals surface area contributed by atoms with Crippen LogP contribution in [-0.2, 0) is 22.2 Å². The lowest BCUT2D eigenvalue weighted by Crippen LogP contribution is -2.34. The van der Waals surface area contributed by atoms with Gasteiger partial charge in [-0.2, -0.15) is 0 Å². The molecule has 0 spiro atoms. The Morgan fingerprint density at radius 2 is 1.47 bits per heavy atom. The molecule has 1 saturated heterocycles. The van der Waals surface area contributed by atoms with E-state index in [-0.39, 0.29) is 27.7 Å². The Hall–Kier alpha value is -2.47. The Kier molecular flexibility index (Phi) is 6.26. The topological polar surface area (TPSA) is 43.9 Å². The van der Waals surface area contributed by atoms with Crippen LogP contribution >= 0.6 is 11.8 Å². The molecule has 2 aromatic rings. The maximum atomic E-state index is 12.4. The van der Waals surface area contributed by atoms with Gasteiger partial charge in [-0.3, -0.25) is 14.5 Å². The quantitative estimate of drug-likeness (QED) is 0.524. The molecule has 0 saturated carbocycles. The van der Waals surface area contributed by atoms with Gasteiger partial charge in [0.15, 0.2) is 0 Å². The Bertz CT molecular complexity index is 1130. The van der Waals surface area contributed by atoms with Crippen molar-refractivity contribution in [1.29, 1.82) is 0 Å². The maximum Gasteiger partial charge on any atom is 0.289 e. The van der Waals surface area contributed by atoms with Crippen molar-refractivity contribution in [2.24, 2.45) is 0 Å². The number of amides is 2. The molecule has 0 atom stereocenters. The number of fused-ring (bicyclic) bond motifs is 1. The highest BCUT2D eigenvalue weighted by Gasteiger charge is 2.38. The van der Waals surface area contributed by atoms with Crippen molar-refractivity contribution in [1.82, 2.24) is 4.90 Å². The molecule has 0 unspecified atom stereocenters. The van der Waals surface area contributed by atoms with Crippen molar-refractivity contribution in [3.05, 3.63) is 47.0 Å². The van der Waals surface area contributed by atoms with E-state index in [1.54, 1.807) is 0 Å². The van der Waals surface area contributed by atoms with Gasteiger partial charge in [0.1, 0.15) is 0 Å². The van der Waals surface area contributed by atoms with E-state index in [1.807, 2.05) is 20.2 Å². The van der Waals surface area contributed by atoms with Gasteiger partial charge in [0, 0.05) is 50.7 Å². The Morgan fingerprint density at radius 1 is 0.882 bits per heavy atom. The zero-order chi connectivity index (χ0) is 25.0. The highest BCUT2D eigenvalue weighted by Crippen LogP contribution is 2.50. The fourth-order valence-corrected chi connectivity index (χ4v) is 6.00. The summed E-state index contributed by atoms with van der Waals surface area (Å²) in [6.45, 7) is 9.68. The molecule has 2 amide bonds. The van der Waals surface area contributed by atoms with Gasteiger partial charge < -0.3 is 9.80 Å². The molecule has 1 aliphatic heterocycles. The van der Waals surface area contributed by atoms with E-state index in [1.165, 1.54) is 16.0 Å². The molecule has 5 nitrogen and oxygen atoms in total. The standard InChI is InChI=1S/C28H37N3O2S/c1-27(2)12-13-28(3,4)21-15-23(30(7)8)19(14-20(21)27)25-18(10-9-11-22(25)29(5)6)16-31-24(32)17-34-26(31)33/h9-11,14-15H,12-13,16-17H2,1-8H3. The van der Waals surface area contributed by atoms with Crippen LogP contribution in [0.3, 0.4) is 0 Å². The second-order valence-corrected chi connectivity index (χ2v) is 12.2. The van der Waals surface area contributed by atoms with Crippen molar-refractivity contribution in [2.45, 2.75) is 57.9 Å². The Morgan fingerprint density at radius 3 is 2.00 bits per heavy atom. The molecule has 4 rings (SSSR count). The first-order chi connectivity index (χ1) is 15.8. The molecule has 6 heteroatoms. The lowest BCUT2D eigenvalue weighted by Gasteiger charge is -2.43. The lowest BCUT2D eigenvalue weighted by atomic mass is 9.62. The largest absolute Gasteiger partial charge is 0.377 e. The molecule has 182 valence electrons. The second-order valence-electron chi connectivity index (χ2n) is 11.3. The number of rotatable bonds is 5. The first-order valence-corrected chi connectivity index (χ1v) is 12.9.